The number of aromatic nitrogens is 1. The molecule has 2 unspecified atom stereocenters. The Bertz CT molecular complexity index is 1260. The van der Waals surface area contributed by atoms with Gasteiger partial charge in [0.2, 0.25) is 5.88 Å². The number of hydrogen-bond donors (Lipinski definition) is 1. The first-order valence-electron chi connectivity index (χ1n) is 13.2. The molecule has 0 bridgehead atoms. The van der Waals surface area contributed by atoms with E-state index in [0.717, 1.165) is 25.0 Å². The van der Waals surface area contributed by atoms with Crippen molar-refractivity contribution in [2.24, 2.45) is 5.92 Å². The van der Waals surface area contributed by atoms with Gasteiger partial charge in [-0.25, -0.2) is 14.6 Å². The van der Waals surface area contributed by atoms with E-state index in [2.05, 4.69) is 22.1 Å². The summed E-state index contributed by atoms with van der Waals surface area (Å²) in [7, 11) is 2.82. The molecule has 2 atom stereocenters. The van der Waals surface area contributed by atoms with E-state index >= 15 is 0 Å². The highest BCUT2D eigenvalue weighted by molar-refractivity contribution is 7.12. The summed E-state index contributed by atoms with van der Waals surface area (Å²) in [4.78, 5) is 45.1. The van der Waals surface area contributed by atoms with Crippen LogP contribution in [0.4, 0.5) is 5.69 Å². The summed E-state index contributed by atoms with van der Waals surface area (Å²) in [5, 5.41) is 4.87. The molecule has 1 N–H and O–H groups in total. The topological polar surface area (TPSA) is 107 Å². The van der Waals surface area contributed by atoms with Gasteiger partial charge in [0, 0.05) is 29.9 Å². The third-order valence-corrected chi connectivity index (χ3v) is 7.66. The number of rotatable bonds is 12. The van der Waals surface area contributed by atoms with Crippen molar-refractivity contribution >= 4 is 34.7 Å². The SMILES string of the molecule is CC=CC(=CC)C(=O)CN1CCC(CC)C(=COC(=O)C(Nc2ccsc2C(=O)OC)c2ccc(OC)nc2)C1. The Morgan fingerprint density at radius 3 is 2.65 bits per heavy atom. The molecule has 2 aromatic rings. The third kappa shape index (κ3) is 7.89. The number of carbonyl (C=O) groups excluding carboxylic acids is 3. The molecule has 2 aromatic heterocycles. The minimum atomic E-state index is -0.951. The number of carbonyl (C=O) groups is 3. The number of anilines is 1. The van der Waals surface area contributed by atoms with Gasteiger partial charge in [-0.1, -0.05) is 25.2 Å². The minimum absolute atomic E-state index is 0.0559. The zero-order valence-electron chi connectivity index (χ0n) is 23.6. The van der Waals surface area contributed by atoms with Gasteiger partial charge in [0.15, 0.2) is 11.8 Å². The number of esters is 2. The predicted octanol–water partition coefficient (Wildman–Crippen LogP) is 5.34. The molecule has 9 nitrogen and oxygen atoms in total. The number of piperidine rings is 1. The number of nitrogens with zero attached hydrogens (tertiary/aromatic N) is 2. The van der Waals surface area contributed by atoms with E-state index in [1.807, 2.05) is 32.1 Å². The van der Waals surface area contributed by atoms with Crippen molar-refractivity contribution in [1.82, 2.24) is 9.88 Å². The number of allylic oxidation sites excluding steroid dienone is 3. The van der Waals surface area contributed by atoms with E-state index in [-0.39, 0.29) is 11.7 Å². The zero-order valence-corrected chi connectivity index (χ0v) is 24.5. The van der Waals surface area contributed by atoms with Crippen molar-refractivity contribution < 1.29 is 28.6 Å². The van der Waals surface area contributed by atoms with Crippen molar-refractivity contribution in [3.8, 4) is 5.88 Å². The number of thiophene rings is 1. The monoisotopic (exact) mass is 567 g/mol. The molecule has 40 heavy (non-hydrogen) atoms. The Balaban J connectivity index is 1.82. The maximum Gasteiger partial charge on any atom is 0.350 e. The van der Waals surface area contributed by atoms with Crippen molar-refractivity contribution in [3.63, 3.8) is 0 Å². The number of likely N-dealkylation sites (tertiary alicyclic amines) is 1. The number of hydrogen-bond acceptors (Lipinski definition) is 10. The molecular weight excluding hydrogens is 530 g/mol. The standard InChI is InChI=1S/C30H37N3O6S/c1-6-9-21(8-3)25(34)18-33-14-12-20(7-2)23(17-33)19-39-29(35)27(22-10-11-26(37-4)31-16-22)32-24-13-15-40-28(24)30(36)38-5/h6,8-11,13,15-16,19-20,27,32H,7,12,14,17-18H2,1-5H3. The Morgan fingerprint density at radius 2 is 2.02 bits per heavy atom. The number of methoxy groups -OCH3 is 2. The molecule has 0 saturated carbocycles. The molecule has 1 saturated heterocycles. The Kier molecular flexibility index (Phi) is 11.6. The maximum absolute atomic E-state index is 13.5. The van der Waals surface area contributed by atoms with Gasteiger partial charge in [0.1, 0.15) is 4.88 Å². The number of Topliss-reactive ketones (excluding diaryl/α,β-unsaturated/α-hetero) is 1. The molecule has 1 aliphatic heterocycles. The van der Waals surface area contributed by atoms with Crippen LogP contribution in [0.1, 0.15) is 54.9 Å². The van der Waals surface area contributed by atoms with Crippen LogP contribution in [0.25, 0.3) is 0 Å². The van der Waals surface area contributed by atoms with Crippen LogP contribution in [0.2, 0.25) is 0 Å². The van der Waals surface area contributed by atoms with Crippen LogP contribution < -0.4 is 10.1 Å². The largest absolute Gasteiger partial charge is 0.481 e. The second-order valence-electron chi connectivity index (χ2n) is 9.27. The molecule has 10 heteroatoms. The van der Waals surface area contributed by atoms with Gasteiger partial charge in [-0.3, -0.25) is 9.69 Å². The summed E-state index contributed by atoms with van der Waals surface area (Å²) in [6.07, 6.45) is 10.3. The second-order valence-corrected chi connectivity index (χ2v) is 10.2. The maximum atomic E-state index is 13.5. The highest BCUT2D eigenvalue weighted by Gasteiger charge is 2.28. The van der Waals surface area contributed by atoms with E-state index in [0.29, 0.717) is 40.7 Å². The first-order valence-corrected chi connectivity index (χ1v) is 14.1. The molecule has 0 amide bonds. The van der Waals surface area contributed by atoms with E-state index < -0.39 is 18.0 Å². The molecule has 3 rings (SSSR count). The molecule has 214 valence electrons. The van der Waals surface area contributed by atoms with Gasteiger partial charge in [0.25, 0.3) is 0 Å². The van der Waals surface area contributed by atoms with Crippen molar-refractivity contribution in [2.75, 3.05) is 39.2 Å². The number of pyridine rings is 1. The highest BCUT2D eigenvalue weighted by atomic mass is 32.1. The fraction of sp³-hybridized carbons (Fsp3) is 0.400. The summed E-state index contributed by atoms with van der Waals surface area (Å²) in [5.41, 5.74) is 2.63. The van der Waals surface area contributed by atoms with E-state index in [4.69, 9.17) is 14.2 Å². The lowest BCUT2D eigenvalue weighted by Gasteiger charge is -2.33. The molecule has 0 radical (unpaired) electrons. The van der Waals surface area contributed by atoms with Crippen LogP contribution in [0.15, 0.2) is 65.4 Å². The first-order chi connectivity index (χ1) is 19.3. The average molecular weight is 568 g/mol. The van der Waals surface area contributed by atoms with Crippen molar-refractivity contribution in [2.45, 2.75) is 39.7 Å². The van der Waals surface area contributed by atoms with Gasteiger partial charge >= 0.3 is 11.9 Å². The van der Waals surface area contributed by atoms with Crippen molar-refractivity contribution in [3.05, 3.63) is 75.9 Å². The van der Waals surface area contributed by atoms with E-state index in [1.165, 1.54) is 38.0 Å². The van der Waals surface area contributed by atoms with Crippen LogP contribution in [-0.4, -0.2) is 61.5 Å². The van der Waals surface area contributed by atoms with Crippen LogP contribution in [0, 0.1) is 5.92 Å². The fourth-order valence-corrected chi connectivity index (χ4v) is 5.32. The lowest BCUT2D eigenvalue weighted by Crippen LogP contribution is -2.39. The molecule has 0 spiro atoms. The summed E-state index contributed by atoms with van der Waals surface area (Å²) in [6.45, 7) is 7.46. The van der Waals surface area contributed by atoms with E-state index in [1.54, 1.807) is 23.6 Å². The number of ketones is 1. The quantitative estimate of drug-likeness (QED) is 0.157. The summed E-state index contributed by atoms with van der Waals surface area (Å²) < 4.78 is 15.8. The highest BCUT2D eigenvalue weighted by Crippen LogP contribution is 2.30. The summed E-state index contributed by atoms with van der Waals surface area (Å²) >= 11 is 1.21. The van der Waals surface area contributed by atoms with Gasteiger partial charge in [-0.2, -0.15) is 0 Å². The third-order valence-electron chi connectivity index (χ3n) is 6.76. The lowest BCUT2D eigenvalue weighted by molar-refractivity contribution is -0.139. The number of nitrogens with one attached hydrogen (secondary N) is 1. The molecule has 3 heterocycles. The average Bonchev–Trinajstić information content (AvgIpc) is 3.45. The number of ether oxygens (including phenoxy) is 3. The van der Waals surface area contributed by atoms with Crippen molar-refractivity contribution in [1.29, 1.82) is 0 Å². The van der Waals surface area contributed by atoms with Gasteiger partial charge in [-0.05, 0) is 62.2 Å². The minimum Gasteiger partial charge on any atom is -0.481 e. The van der Waals surface area contributed by atoms with Crippen LogP contribution in [0.3, 0.4) is 0 Å². The van der Waals surface area contributed by atoms with Gasteiger partial charge in [-0.15, -0.1) is 11.3 Å². The normalized spacial score (nSPS) is 18.0. The Morgan fingerprint density at radius 1 is 1.23 bits per heavy atom. The van der Waals surface area contributed by atoms with Gasteiger partial charge in [0.05, 0.1) is 32.7 Å². The Labute approximate surface area is 239 Å². The Hall–Kier alpha value is -3.76. The summed E-state index contributed by atoms with van der Waals surface area (Å²) in [6, 6.07) is 4.13. The second kappa shape index (κ2) is 15.1. The lowest BCUT2D eigenvalue weighted by atomic mass is 9.89. The fourth-order valence-electron chi connectivity index (χ4n) is 4.54. The smallest absolute Gasteiger partial charge is 0.350 e. The summed E-state index contributed by atoms with van der Waals surface area (Å²) in [5.74, 6) is -0.360. The predicted molar refractivity (Wildman–Crippen MR) is 155 cm³/mol. The zero-order chi connectivity index (χ0) is 29.1. The van der Waals surface area contributed by atoms with Crippen LogP contribution in [-0.2, 0) is 19.1 Å². The molecule has 0 aromatic carbocycles. The molecule has 0 aliphatic carbocycles. The molecular formula is C30H37N3O6S. The van der Waals surface area contributed by atoms with E-state index in [9.17, 15) is 14.4 Å². The first kappa shape index (κ1) is 30.8. The molecule has 1 fully saturated rings. The van der Waals surface area contributed by atoms with Gasteiger partial charge < -0.3 is 19.5 Å². The van der Waals surface area contributed by atoms with Crippen LogP contribution >= 0.6 is 11.3 Å². The van der Waals surface area contributed by atoms with Crippen LogP contribution in [0.5, 0.6) is 5.88 Å². The molecule has 1 aliphatic rings.